The van der Waals surface area contributed by atoms with Crippen molar-refractivity contribution in [3.8, 4) is 0 Å². The van der Waals surface area contributed by atoms with Gasteiger partial charge in [-0.05, 0) is 49.7 Å². The number of nitrogens with zero attached hydrogens (tertiary/aromatic N) is 2. The number of nitrogens with one attached hydrogen (secondary N) is 1. The first-order valence-corrected chi connectivity index (χ1v) is 12.0. The zero-order valence-electron chi connectivity index (χ0n) is 18.7. The minimum atomic E-state index is -4.45. The van der Waals surface area contributed by atoms with Crippen molar-refractivity contribution in [2.75, 3.05) is 26.4 Å². The van der Waals surface area contributed by atoms with Crippen LogP contribution in [0.5, 0.6) is 0 Å². The van der Waals surface area contributed by atoms with Crippen LogP contribution in [0.1, 0.15) is 55.3 Å². The van der Waals surface area contributed by atoms with E-state index >= 15 is 0 Å². The third-order valence-corrected chi connectivity index (χ3v) is 8.34. The maximum Gasteiger partial charge on any atom is 0.417 e. The Kier molecular flexibility index (Phi) is 6.14. The van der Waals surface area contributed by atoms with Crippen LogP contribution in [0.25, 0.3) is 0 Å². The number of alkyl halides is 4. The third-order valence-electron chi connectivity index (χ3n) is 8.34. The maximum atomic E-state index is 13.8. The van der Waals surface area contributed by atoms with Gasteiger partial charge in [0.05, 0.1) is 24.3 Å². The number of carbonyl (C=O) groups is 1. The first-order valence-electron chi connectivity index (χ1n) is 12.0. The number of pyridine rings is 1. The van der Waals surface area contributed by atoms with E-state index in [-0.39, 0.29) is 36.4 Å². The van der Waals surface area contributed by atoms with Crippen molar-refractivity contribution in [1.29, 1.82) is 0 Å². The smallest absolute Gasteiger partial charge is 0.381 e. The van der Waals surface area contributed by atoms with Crippen LogP contribution in [-0.2, 0) is 28.7 Å². The number of hydrogen-bond acceptors (Lipinski definition) is 4. The standard InChI is InChI=1S/C24H31F4N3O2/c25-11-16-14-33-7-4-21(16)30-19-9-17-2-1-5-23(17,10-19)22(32)31-6-3-20-15(13-31)8-18(12-29-20)24(26,27)28/h8,12,16-17,19,21,30H,1-7,9-11,13-14H2/t16?,17-,19-,21?,23-/m1/s1. The van der Waals surface area contributed by atoms with Gasteiger partial charge in [0.25, 0.3) is 0 Å². The number of amides is 1. The summed E-state index contributed by atoms with van der Waals surface area (Å²) in [6.07, 6.45) is 2.11. The predicted molar refractivity (Wildman–Crippen MR) is 113 cm³/mol. The minimum absolute atomic E-state index is 0.0634. The summed E-state index contributed by atoms with van der Waals surface area (Å²) in [4.78, 5) is 19.6. The van der Waals surface area contributed by atoms with Crippen molar-refractivity contribution in [3.05, 3.63) is 29.1 Å². The molecule has 1 N–H and O–H groups in total. The number of rotatable bonds is 4. The van der Waals surface area contributed by atoms with E-state index in [0.717, 1.165) is 50.8 Å². The highest BCUT2D eigenvalue weighted by atomic mass is 19.4. The Hall–Kier alpha value is -1.74. The fourth-order valence-corrected chi connectivity index (χ4v) is 6.66. The van der Waals surface area contributed by atoms with E-state index in [0.29, 0.717) is 37.4 Å². The van der Waals surface area contributed by atoms with Crippen LogP contribution in [0.2, 0.25) is 0 Å². The van der Waals surface area contributed by atoms with Gasteiger partial charge in [-0.3, -0.25) is 14.2 Å². The van der Waals surface area contributed by atoms with Gasteiger partial charge in [-0.15, -0.1) is 0 Å². The van der Waals surface area contributed by atoms with Gasteiger partial charge >= 0.3 is 6.18 Å². The summed E-state index contributed by atoms with van der Waals surface area (Å²) < 4.78 is 58.4. The molecule has 5 nitrogen and oxygen atoms in total. The van der Waals surface area contributed by atoms with Crippen molar-refractivity contribution < 1.29 is 27.1 Å². The Morgan fingerprint density at radius 2 is 2.18 bits per heavy atom. The molecule has 1 aromatic rings. The predicted octanol–water partition coefficient (Wildman–Crippen LogP) is 3.90. The number of aromatic nitrogens is 1. The van der Waals surface area contributed by atoms with E-state index < -0.39 is 23.8 Å². The molecule has 0 bridgehead atoms. The average Bonchev–Trinajstić information content (AvgIpc) is 3.35. The highest BCUT2D eigenvalue weighted by Crippen LogP contribution is 2.55. The molecular weight excluding hydrogens is 438 g/mol. The van der Waals surface area contributed by atoms with E-state index in [4.69, 9.17) is 4.74 Å². The van der Waals surface area contributed by atoms with Crippen molar-refractivity contribution in [2.24, 2.45) is 17.3 Å². The quantitative estimate of drug-likeness (QED) is 0.680. The molecule has 2 aliphatic carbocycles. The molecule has 5 rings (SSSR count). The van der Waals surface area contributed by atoms with Crippen LogP contribution in [0.3, 0.4) is 0 Å². The number of carbonyl (C=O) groups excluding carboxylic acids is 1. The second-order valence-electron chi connectivity index (χ2n) is 10.2. The van der Waals surface area contributed by atoms with Gasteiger partial charge in [-0.1, -0.05) is 6.42 Å². The van der Waals surface area contributed by atoms with Gasteiger partial charge in [0.1, 0.15) is 0 Å². The van der Waals surface area contributed by atoms with Crippen LogP contribution >= 0.6 is 0 Å². The summed E-state index contributed by atoms with van der Waals surface area (Å²) in [5.41, 5.74) is -0.0802. The van der Waals surface area contributed by atoms with Gasteiger partial charge in [0.2, 0.25) is 5.91 Å². The van der Waals surface area contributed by atoms with E-state index in [1.807, 2.05) is 0 Å². The molecular formula is C24H31F4N3O2. The van der Waals surface area contributed by atoms with E-state index in [1.165, 1.54) is 0 Å². The van der Waals surface area contributed by atoms with Gasteiger partial charge < -0.3 is 15.0 Å². The lowest BCUT2D eigenvalue weighted by Gasteiger charge is -2.38. The second kappa shape index (κ2) is 8.80. The fourth-order valence-electron chi connectivity index (χ4n) is 6.66. The van der Waals surface area contributed by atoms with Crippen LogP contribution in [0.15, 0.2) is 12.3 Å². The molecule has 1 amide bonds. The molecule has 0 radical (unpaired) electrons. The van der Waals surface area contributed by atoms with E-state index in [9.17, 15) is 22.4 Å². The Bertz CT molecular complexity index is 895. The van der Waals surface area contributed by atoms with Crippen molar-refractivity contribution >= 4 is 5.91 Å². The lowest BCUT2D eigenvalue weighted by atomic mass is 9.78. The number of ether oxygens (including phenoxy) is 1. The molecule has 2 aliphatic heterocycles. The molecule has 4 aliphatic rings. The molecule has 1 saturated heterocycles. The molecule has 0 aromatic carbocycles. The molecule has 2 unspecified atom stereocenters. The van der Waals surface area contributed by atoms with Gasteiger partial charge in [0, 0.05) is 56.0 Å². The van der Waals surface area contributed by atoms with Crippen LogP contribution in [0.4, 0.5) is 17.6 Å². The molecule has 0 spiro atoms. The highest BCUT2D eigenvalue weighted by Gasteiger charge is 2.56. The first kappa shape index (κ1) is 23.0. The lowest BCUT2D eigenvalue weighted by molar-refractivity contribution is -0.144. The Balaban J connectivity index is 1.31. The van der Waals surface area contributed by atoms with Crippen molar-refractivity contribution in [1.82, 2.24) is 15.2 Å². The number of hydrogen-bond donors (Lipinski definition) is 1. The van der Waals surface area contributed by atoms with Crippen molar-refractivity contribution in [2.45, 2.75) is 69.8 Å². The van der Waals surface area contributed by atoms with Gasteiger partial charge in [0.15, 0.2) is 0 Å². The summed E-state index contributed by atoms with van der Waals surface area (Å²) >= 11 is 0. The molecule has 9 heteroatoms. The normalized spacial score (nSPS) is 34.2. The van der Waals surface area contributed by atoms with Crippen LogP contribution < -0.4 is 5.32 Å². The minimum Gasteiger partial charge on any atom is -0.381 e. The summed E-state index contributed by atoms with van der Waals surface area (Å²) in [7, 11) is 0. The summed E-state index contributed by atoms with van der Waals surface area (Å²) in [6, 6.07) is 1.37. The zero-order chi connectivity index (χ0) is 23.2. The Labute approximate surface area is 191 Å². The number of halogens is 4. The largest absolute Gasteiger partial charge is 0.417 e. The number of fused-ring (bicyclic) bond motifs is 2. The molecule has 1 aromatic heterocycles. The fraction of sp³-hybridized carbons (Fsp3) is 0.750. The Morgan fingerprint density at radius 3 is 2.97 bits per heavy atom. The monoisotopic (exact) mass is 469 g/mol. The van der Waals surface area contributed by atoms with Gasteiger partial charge in [-0.2, -0.15) is 13.2 Å². The third kappa shape index (κ3) is 4.27. The second-order valence-corrected chi connectivity index (χ2v) is 10.2. The van der Waals surface area contributed by atoms with Crippen LogP contribution in [-0.4, -0.2) is 54.3 Å². The zero-order valence-corrected chi connectivity index (χ0v) is 18.7. The molecule has 5 atom stereocenters. The topological polar surface area (TPSA) is 54.5 Å². The molecule has 3 fully saturated rings. The summed E-state index contributed by atoms with van der Waals surface area (Å²) in [6.45, 7) is 1.30. The summed E-state index contributed by atoms with van der Waals surface area (Å²) in [5.74, 6) is 0.193. The van der Waals surface area contributed by atoms with E-state index in [1.54, 1.807) is 4.90 Å². The highest BCUT2D eigenvalue weighted by molar-refractivity contribution is 5.84. The van der Waals surface area contributed by atoms with E-state index in [2.05, 4.69) is 10.3 Å². The molecule has 3 heterocycles. The van der Waals surface area contributed by atoms with Crippen LogP contribution in [0, 0.1) is 17.3 Å². The SMILES string of the molecule is O=C(N1CCc2ncc(C(F)(F)F)cc2C1)[C@@]12CCC[C@@H]1C[C@@H](NC1CCOCC1CF)C2. The average molecular weight is 470 g/mol. The molecule has 2 saturated carbocycles. The maximum absolute atomic E-state index is 13.8. The molecule has 182 valence electrons. The summed E-state index contributed by atoms with van der Waals surface area (Å²) in [5, 5.41) is 3.64. The Morgan fingerprint density at radius 1 is 1.33 bits per heavy atom. The van der Waals surface area contributed by atoms with Crippen molar-refractivity contribution in [3.63, 3.8) is 0 Å². The lowest BCUT2D eigenvalue weighted by Crippen LogP contribution is -2.49. The van der Waals surface area contributed by atoms with Gasteiger partial charge in [-0.25, -0.2) is 0 Å². The first-order chi connectivity index (χ1) is 15.8. The molecule has 33 heavy (non-hydrogen) atoms.